The van der Waals surface area contributed by atoms with E-state index in [2.05, 4.69) is 0 Å². The SMILES string of the molecule is CCN(C(=O)COC(=O)c1cc(=O)c2ccccc2o1)[C@@H]1CCS(=O)(=O)C1. The fourth-order valence-corrected chi connectivity index (χ4v) is 4.88. The Balaban J connectivity index is 1.68. The molecule has 0 unspecified atom stereocenters. The van der Waals surface area contributed by atoms with Gasteiger partial charge in [-0.2, -0.15) is 0 Å². The van der Waals surface area contributed by atoms with Crippen molar-refractivity contribution in [2.75, 3.05) is 24.7 Å². The second-order valence-electron chi connectivity index (χ2n) is 6.28. The molecule has 2 aromatic rings. The van der Waals surface area contributed by atoms with E-state index in [1.54, 1.807) is 31.2 Å². The first-order valence-corrected chi connectivity index (χ1v) is 10.3. The van der Waals surface area contributed by atoms with E-state index in [0.717, 1.165) is 6.07 Å². The zero-order valence-corrected chi connectivity index (χ0v) is 15.5. The number of benzene rings is 1. The highest BCUT2D eigenvalue weighted by molar-refractivity contribution is 7.91. The van der Waals surface area contributed by atoms with Crippen LogP contribution >= 0.6 is 0 Å². The highest BCUT2D eigenvalue weighted by Crippen LogP contribution is 2.18. The molecule has 27 heavy (non-hydrogen) atoms. The Morgan fingerprint density at radius 3 is 2.70 bits per heavy atom. The molecule has 0 saturated carbocycles. The van der Waals surface area contributed by atoms with Crippen LogP contribution in [0.5, 0.6) is 0 Å². The van der Waals surface area contributed by atoms with Crippen molar-refractivity contribution in [3.8, 4) is 0 Å². The van der Waals surface area contributed by atoms with Crippen LogP contribution in [-0.2, 0) is 19.4 Å². The molecular weight excluding hydrogens is 374 g/mol. The van der Waals surface area contributed by atoms with E-state index in [0.29, 0.717) is 18.4 Å². The summed E-state index contributed by atoms with van der Waals surface area (Å²) in [5, 5.41) is 0.338. The van der Waals surface area contributed by atoms with Crippen molar-refractivity contribution in [2.45, 2.75) is 19.4 Å². The summed E-state index contributed by atoms with van der Waals surface area (Å²) in [6.07, 6.45) is 0.370. The first-order valence-electron chi connectivity index (χ1n) is 8.50. The van der Waals surface area contributed by atoms with Crippen molar-refractivity contribution in [3.05, 3.63) is 46.3 Å². The van der Waals surface area contributed by atoms with Crippen molar-refractivity contribution in [1.29, 1.82) is 0 Å². The van der Waals surface area contributed by atoms with E-state index in [9.17, 15) is 22.8 Å². The van der Waals surface area contributed by atoms with Crippen LogP contribution in [0.25, 0.3) is 11.0 Å². The summed E-state index contributed by atoms with van der Waals surface area (Å²) in [7, 11) is -3.14. The Morgan fingerprint density at radius 1 is 1.30 bits per heavy atom. The monoisotopic (exact) mass is 393 g/mol. The number of esters is 1. The van der Waals surface area contributed by atoms with Crippen LogP contribution < -0.4 is 5.43 Å². The van der Waals surface area contributed by atoms with Gasteiger partial charge in [0.05, 0.1) is 16.9 Å². The van der Waals surface area contributed by atoms with Crippen LogP contribution in [0.2, 0.25) is 0 Å². The second-order valence-corrected chi connectivity index (χ2v) is 8.51. The lowest BCUT2D eigenvalue weighted by atomic mass is 10.2. The fourth-order valence-electron chi connectivity index (χ4n) is 3.15. The van der Waals surface area contributed by atoms with E-state index < -0.39 is 34.4 Å². The lowest BCUT2D eigenvalue weighted by molar-refractivity contribution is -0.136. The van der Waals surface area contributed by atoms with Crippen LogP contribution in [-0.4, -0.2) is 55.9 Å². The summed E-state index contributed by atoms with van der Waals surface area (Å²) < 4.78 is 33.6. The normalized spacial score (nSPS) is 18.3. The molecule has 0 radical (unpaired) electrons. The van der Waals surface area contributed by atoms with Crippen LogP contribution in [0.1, 0.15) is 23.9 Å². The van der Waals surface area contributed by atoms with Crippen LogP contribution in [0.4, 0.5) is 0 Å². The lowest BCUT2D eigenvalue weighted by Crippen LogP contribution is -2.43. The van der Waals surface area contributed by atoms with Gasteiger partial charge in [0, 0.05) is 18.7 Å². The van der Waals surface area contributed by atoms with Gasteiger partial charge in [-0.15, -0.1) is 0 Å². The average molecular weight is 393 g/mol. The molecule has 144 valence electrons. The summed E-state index contributed by atoms with van der Waals surface area (Å²) in [4.78, 5) is 37.9. The van der Waals surface area contributed by atoms with E-state index in [1.165, 1.54) is 4.90 Å². The molecule has 1 aliphatic rings. The first-order chi connectivity index (χ1) is 12.8. The Hall–Kier alpha value is -2.68. The molecule has 0 bridgehead atoms. The zero-order valence-electron chi connectivity index (χ0n) is 14.7. The molecule has 1 aromatic heterocycles. The molecule has 1 aromatic carbocycles. The van der Waals surface area contributed by atoms with Crippen molar-refractivity contribution in [3.63, 3.8) is 0 Å². The van der Waals surface area contributed by atoms with Gasteiger partial charge >= 0.3 is 5.97 Å². The van der Waals surface area contributed by atoms with Crippen molar-refractivity contribution in [2.24, 2.45) is 0 Å². The summed E-state index contributed by atoms with van der Waals surface area (Å²) in [6.45, 7) is 1.48. The van der Waals surface area contributed by atoms with Gasteiger partial charge in [0.1, 0.15) is 5.58 Å². The minimum Gasteiger partial charge on any atom is -0.450 e. The van der Waals surface area contributed by atoms with Gasteiger partial charge in [-0.25, -0.2) is 13.2 Å². The van der Waals surface area contributed by atoms with Crippen LogP contribution in [0, 0.1) is 0 Å². The zero-order chi connectivity index (χ0) is 19.6. The van der Waals surface area contributed by atoms with Gasteiger partial charge in [-0.3, -0.25) is 9.59 Å². The number of amides is 1. The Bertz CT molecular complexity index is 1040. The van der Waals surface area contributed by atoms with Crippen LogP contribution in [0.3, 0.4) is 0 Å². The van der Waals surface area contributed by atoms with E-state index in [-0.39, 0.29) is 28.3 Å². The summed E-state index contributed by atoms with van der Waals surface area (Å²) in [5.41, 5.74) is -0.143. The highest BCUT2D eigenvalue weighted by atomic mass is 32.2. The van der Waals surface area contributed by atoms with Gasteiger partial charge in [-0.05, 0) is 25.5 Å². The predicted octanol–water partition coefficient (Wildman–Crippen LogP) is 0.985. The number of para-hydroxylation sites is 1. The molecule has 3 rings (SSSR count). The molecule has 1 saturated heterocycles. The minimum atomic E-state index is -3.14. The van der Waals surface area contributed by atoms with E-state index >= 15 is 0 Å². The number of fused-ring (bicyclic) bond motifs is 1. The Kier molecular flexibility index (Phi) is 5.31. The summed E-state index contributed by atoms with van der Waals surface area (Å²) in [6, 6.07) is 7.09. The van der Waals surface area contributed by atoms with Gasteiger partial charge < -0.3 is 14.1 Å². The molecular formula is C18H19NO7S. The quantitative estimate of drug-likeness (QED) is 0.696. The molecule has 2 heterocycles. The smallest absolute Gasteiger partial charge is 0.374 e. The molecule has 0 aliphatic carbocycles. The molecule has 1 atom stereocenters. The van der Waals surface area contributed by atoms with E-state index in [1.807, 2.05) is 0 Å². The number of likely N-dealkylation sites (N-methyl/N-ethyl adjacent to an activating group) is 1. The maximum Gasteiger partial charge on any atom is 0.374 e. The highest BCUT2D eigenvalue weighted by Gasteiger charge is 2.34. The Labute approximate surface area is 155 Å². The third-order valence-corrected chi connectivity index (χ3v) is 6.22. The molecule has 8 nitrogen and oxygen atoms in total. The molecule has 9 heteroatoms. The molecule has 1 amide bonds. The topological polar surface area (TPSA) is 111 Å². The third-order valence-electron chi connectivity index (χ3n) is 4.47. The van der Waals surface area contributed by atoms with Gasteiger partial charge in [0.15, 0.2) is 21.9 Å². The average Bonchev–Trinajstić information content (AvgIpc) is 2.99. The summed E-state index contributed by atoms with van der Waals surface area (Å²) in [5.74, 6) is -1.75. The van der Waals surface area contributed by atoms with Crippen LogP contribution in [0.15, 0.2) is 39.5 Å². The Morgan fingerprint density at radius 2 is 2.04 bits per heavy atom. The number of carbonyl (C=O) groups excluding carboxylic acids is 2. The van der Waals surface area contributed by atoms with E-state index in [4.69, 9.17) is 9.15 Å². The van der Waals surface area contributed by atoms with Gasteiger partial charge in [0.2, 0.25) is 5.76 Å². The molecule has 1 aliphatic heterocycles. The second kappa shape index (κ2) is 7.51. The number of ether oxygens (including phenoxy) is 1. The number of hydrogen-bond acceptors (Lipinski definition) is 7. The standard InChI is InChI=1S/C18H19NO7S/c1-2-19(12-7-8-27(23,24)11-12)17(21)10-25-18(22)16-9-14(20)13-5-3-4-6-15(13)26-16/h3-6,9,12H,2,7-8,10-11H2,1H3/t12-/m1/s1. The fraction of sp³-hybridized carbons (Fsp3) is 0.389. The summed E-state index contributed by atoms with van der Waals surface area (Å²) >= 11 is 0. The number of rotatable bonds is 5. The molecule has 1 fully saturated rings. The van der Waals surface area contributed by atoms with Gasteiger partial charge in [-0.1, -0.05) is 12.1 Å². The van der Waals surface area contributed by atoms with Crippen molar-refractivity contribution >= 4 is 32.7 Å². The number of nitrogens with zero attached hydrogens (tertiary/aromatic N) is 1. The number of sulfone groups is 1. The predicted molar refractivity (Wildman–Crippen MR) is 97.2 cm³/mol. The van der Waals surface area contributed by atoms with Crippen molar-refractivity contribution in [1.82, 2.24) is 4.90 Å². The molecule has 0 N–H and O–H groups in total. The maximum atomic E-state index is 12.3. The van der Waals surface area contributed by atoms with Gasteiger partial charge in [0.25, 0.3) is 5.91 Å². The number of carbonyl (C=O) groups is 2. The first kappa shape index (κ1) is 19.1. The lowest BCUT2D eigenvalue weighted by Gasteiger charge is -2.26. The number of hydrogen-bond donors (Lipinski definition) is 0. The molecule has 0 spiro atoms. The largest absolute Gasteiger partial charge is 0.450 e. The maximum absolute atomic E-state index is 12.3. The van der Waals surface area contributed by atoms with Crippen molar-refractivity contribution < 1.29 is 27.2 Å². The third kappa shape index (κ3) is 4.19. The minimum absolute atomic E-state index is 0.0451.